The molecule has 7 nitrogen and oxygen atoms in total. The van der Waals surface area contributed by atoms with Crippen LogP contribution in [-0.4, -0.2) is 29.5 Å². The Morgan fingerprint density at radius 2 is 1.92 bits per heavy atom. The first-order valence-corrected chi connectivity index (χ1v) is 7.18. The van der Waals surface area contributed by atoms with Crippen molar-refractivity contribution in [3.8, 4) is 17.2 Å². The Bertz CT molecular complexity index is 921. The Morgan fingerprint density at radius 1 is 1.17 bits per heavy atom. The summed E-state index contributed by atoms with van der Waals surface area (Å²) in [4.78, 5) is 12.4. The molecular weight excluding hydrogens is 316 g/mol. The summed E-state index contributed by atoms with van der Waals surface area (Å²) in [6.45, 7) is 0. The molecule has 1 aromatic heterocycles. The van der Waals surface area contributed by atoms with Crippen LogP contribution < -0.4 is 10.2 Å². The third-order valence-electron chi connectivity index (χ3n) is 3.91. The summed E-state index contributed by atoms with van der Waals surface area (Å²) in [6, 6.07) is 2.71. The maximum atomic E-state index is 12.4. The van der Waals surface area contributed by atoms with Crippen LogP contribution in [0.25, 0.3) is 11.0 Å². The molecule has 0 unspecified atom stereocenters. The summed E-state index contributed by atoms with van der Waals surface area (Å²) in [5.74, 6) is -0.983. The van der Waals surface area contributed by atoms with Gasteiger partial charge in [0, 0.05) is 18.1 Å². The number of allylic oxidation sites excluding steroid dienone is 2. The number of aliphatic hydroxyl groups is 1. The summed E-state index contributed by atoms with van der Waals surface area (Å²) >= 11 is 0. The van der Waals surface area contributed by atoms with E-state index in [2.05, 4.69) is 0 Å². The number of hydrogen-bond acceptors (Lipinski definition) is 7. The highest BCUT2D eigenvalue weighted by atomic mass is 16.5. The van der Waals surface area contributed by atoms with E-state index >= 15 is 0 Å². The third kappa shape index (κ3) is 2.44. The van der Waals surface area contributed by atoms with E-state index < -0.39 is 17.1 Å². The largest absolute Gasteiger partial charge is 0.507 e. The molecule has 3 rings (SSSR count). The zero-order valence-corrected chi connectivity index (χ0v) is 13.1. The zero-order chi connectivity index (χ0) is 17.4. The summed E-state index contributed by atoms with van der Waals surface area (Å²) in [7, 11) is 2.85. The molecule has 1 aliphatic carbocycles. The fourth-order valence-corrected chi connectivity index (χ4v) is 2.70. The van der Waals surface area contributed by atoms with Crippen LogP contribution in [0.15, 0.2) is 45.0 Å². The van der Waals surface area contributed by atoms with Crippen molar-refractivity contribution < 1.29 is 29.2 Å². The number of phenols is 1. The minimum absolute atomic E-state index is 0.00175. The van der Waals surface area contributed by atoms with Gasteiger partial charge in [-0.2, -0.15) is 0 Å². The molecule has 0 bridgehead atoms. The molecule has 1 aromatic carbocycles. The van der Waals surface area contributed by atoms with Gasteiger partial charge in [0.05, 0.1) is 14.2 Å². The standard InChI is InChI=1S/C17H16O7/c1-22-9-6-11(19)14-13(7-9)24-17(16(21)15(14)20)8-3-4-12(23-2)10(18)5-8/h4-8,18-19,21H,3H2,1-2H3/t8-/m0/s1. The highest BCUT2D eigenvalue weighted by Gasteiger charge is 2.26. The van der Waals surface area contributed by atoms with Gasteiger partial charge in [-0.05, 0) is 18.6 Å². The van der Waals surface area contributed by atoms with E-state index in [0.717, 1.165) is 0 Å². The molecule has 0 spiro atoms. The van der Waals surface area contributed by atoms with Crippen LogP contribution in [0.3, 0.4) is 0 Å². The summed E-state index contributed by atoms with van der Waals surface area (Å²) in [5, 5.41) is 29.9. The number of benzene rings is 1. The Hall–Kier alpha value is -3.09. The molecule has 3 N–H and O–H groups in total. The topological polar surface area (TPSA) is 109 Å². The first-order valence-electron chi connectivity index (χ1n) is 7.18. The molecule has 0 radical (unpaired) electrons. The zero-order valence-electron chi connectivity index (χ0n) is 13.1. The number of aliphatic hydroxyl groups excluding tert-OH is 1. The number of hydrogen-bond donors (Lipinski definition) is 3. The average Bonchev–Trinajstić information content (AvgIpc) is 2.57. The lowest BCUT2D eigenvalue weighted by Crippen LogP contribution is -2.10. The predicted octanol–water partition coefficient (Wildman–Crippen LogP) is 2.67. The summed E-state index contributed by atoms with van der Waals surface area (Å²) in [5.41, 5.74) is -0.667. The smallest absolute Gasteiger partial charge is 0.238 e. The van der Waals surface area contributed by atoms with E-state index in [1.165, 1.54) is 32.4 Å². The lowest BCUT2D eigenvalue weighted by molar-refractivity contribution is 0.248. The Kier molecular flexibility index (Phi) is 3.84. The lowest BCUT2D eigenvalue weighted by atomic mass is 9.95. The predicted molar refractivity (Wildman–Crippen MR) is 85.5 cm³/mol. The average molecular weight is 332 g/mol. The van der Waals surface area contributed by atoms with Crippen molar-refractivity contribution in [3.05, 3.63) is 51.8 Å². The molecule has 0 fully saturated rings. The monoisotopic (exact) mass is 332 g/mol. The van der Waals surface area contributed by atoms with Crippen LogP contribution in [0.5, 0.6) is 17.2 Å². The number of aromatic hydroxyl groups is 2. The van der Waals surface area contributed by atoms with Gasteiger partial charge < -0.3 is 29.2 Å². The molecule has 7 heteroatoms. The molecule has 1 aliphatic rings. The highest BCUT2D eigenvalue weighted by Crippen LogP contribution is 2.37. The number of phenolic OH excluding ortho intramolecular Hbond substituents is 1. The number of rotatable bonds is 3. The molecule has 0 aliphatic heterocycles. The van der Waals surface area contributed by atoms with Gasteiger partial charge in [-0.15, -0.1) is 0 Å². The molecule has 0 saturated heterocycles. The van der Waals surface area contributed by atoms with Gasteiger partial charge in [-0.1, -0.05) is 0 Å². The minimum Gasteiger partial charge on any atom is -0.507 e. The molecule has 0 saturated carbocycles. The van der Waals surface area contributed by atoms with Gasteiger partial charge in [-0.3, -0.25) is 4.79 Å². The van der Waals surface area contributed by atoms with Crippen molar-refractivity contribution in [1.82, 2.24) is 0 Å². The molecule has 2 aromatic rings. The number of fused-ring (bicyclic) bond motifs is 1. The van der Waals surface area contributed by atoms with Crippen molar-refractivity contribution in [2.24, 2.45) is 0 Å². The second-order valence-corrected chi connectivity index (χ2v) is 5.33. The van der Waals surface area contributed by atoms with Gasteiger partial charge in [-0.25, -0.2) is 0 Å². The van der Waals surface area contributed by atoms with Gasteiger partial charge in [0.1, 0.15) is 22.5 Å². The van der Waals surface area contributed by atoms with Gasteiger partial charge in [0.2, 0.25) is 11.2 Å². The summed E-state index contributed by atoms with van der Waals surface area (Å²) in [6.07, 6.45) is 3.43. The van der Waals surface area contributed by atoms with Gasteiger partial charge in [0.15, 0.2) is 17.3 Å². The normalized spacial score (nSPS) is 17.3. The Morgan fingerprint density at radius 3 is 2.54 bits per heavy atom. The molecule has 1 atom stereocenters. The molecular formula is C17H16O7. The van der Waals surface area contributed by atoms with E-state index in [1.807, 2.05) is 0 Å². The van der Waals surface area contributed by atoms with Crippen molar-refractivity contribution in [3.63, 3.8) is 0 Å². The van der Waals surface area contributed by atoms with Crippen LogP contribution in [0.4, 0.5) is 0 Å². The fraction of sp³-hybridized carbons (Fsp3) is 0.235. The second-order valence-electron chi connectivity index (χ2n) is 5.33. The number of ether oxygens (including phenoxy) is 2. The Labute approximate surface area is 136 Å². The molecule has 1 heterocycles. The van der Waals surface area contributed by atoms with Crippen molar-refractivity contribution in [2.45, 2.75) is 12.3 Å². The van der Waals surface area contributed by atoms with Crippen LogP contribution in [0, 0.1) is 0 Å². The maximum Gasteiger partial charge on any atom is 0.238 e. The SMILES string of the molecule is COC1=CC[C@H](c2oc3cc(OC)cc(O)c3c(=O)c2O)C=C1O. The van der Waals surface area contributed by atoms with Crippen LogP contribution in [0.2, 0.25) is 0 Å². The highest BCUT2D eigenvalue weighted by molar-refractivity contribution is 5.86. The van der Waals surface area contributed by atoms with E-state index in [9.17, 15) is 20.1 Å². The first kappa shape index (κ1) is 15.8. The summed E-state index contributed by atoms with van der Waals surface area (Å²) < 4.78 is 15.7. The lowest BCUT2D eigenvalue weighted by Gasteiger charge is -2.18. The molecule has 0 amide bonds. The number of methoxy groups -OCH3 is 2. The minimum atomic E-state index is -0.749. The van der Waals surface area contributed by atoms with E-state index in [4.69, 9.17) is 13.9 Å². The quantitative estimate of drug-likeness (QED) is 0.792. The van der Waals surface area contributed by atoms with E-state index in [0.29, 0.717) is 17.9 Å². The van der Waals surface area contributed by atoms with Gasteiger partial charge >= 0.3 is 0 Å². The van der Waals surface area contributed by atoms with Crippen molar-refractivity contribution in [1.29, 1.82) is 0 Å². The second kappa shape index (κ2) is 5.84. The van der Waals surface area contributed by atoms with Crippen molar-refractivity contribution >= 4 is 11.0 Å². The first-order chi connectivity index (χ1) is 11.5. The molecule has 126 valence electrons. The van der Waals surface area contributed by atoms with E-state index in [1.54, 1.807) is 6.08 Å². The van der Waals surface area contributed by atoms with Crippen molar-refractivity contribution in [2.75, 3.05) is 14.2 Å². The van der Waals surface area contributed by atoms with Crippen LogP contribution >= 0.6 is 0 Å². The van der Waals surface area contributed by atoms with Crippen LogP contribution in [0.1, 0.15) is 18.1 Å². The fourth-order valence-electron chi connectivity index (χ4n) is 2.70. The van der Waals surface area contributed by atoms with E-state index in [-0.39, 0.29) is 28.2 Å². The van der Waals surface area contributed by atoms with Crippen LogP contribution in [-0.2, 0) is 4.74 Å². The van der Waals surface area contributed by atoms with Gasteiger partial charge in [0.25, 0.3) is 0 Å². The molecule has 24 heavy (non-hydrogen) atoms. The third-order valence-corrected chi connectivity index (χ3v) is 3.91. The maximum absolute atomic E-state index is 12.4. The Balaban J connectivity index is 2.18.